The molecule has 0 aliphatic rings. The smallest absolute Gasteiger partial charge is 0.262 e. The Labute approximate surface area is 184 Å². The van der Waals surface area contributed by atoms with Crippen LogP contribution in [0, 0.1) is 19.7 Å². The van der Waals surface area contributed by atoms with Crippen molar-refractivity contribution in [2.75, 3.05) is 17.2 Å². The molecule has 0 spiro atoms. The molecular formula is C23H21FN6O2. The van der Waals surface area contributed by atoms with Gasteiger partial charge in [0.25, 0.3) is 5.91 Å². The van der Waals surface area contributed by atoms with E-state index in [-0.39, 0.29) is 18.3 Å². The normalized spacial score (nSPS) is 10.6. The maximum absolute atomic E-state index is 13.5. The summed E-state index contributed by atoms with van der Waals surface area (Å²) in [6, 6.07) is 18.6. The average Bonchev–Trinajstić information content (AvgIpc) is 3.13. The molecule has 0 bridgehead atoms. The number of carbonyl (C=O) groups excluding carboxylic acids is 1. The topological polar surface area (TPSA) is 94.0 Å². The lowest BCUT2D eigenvalue weighted by molar-refractivity contribution is -0.118. The first-order valence-electron chi connectivity index (χ1n) is 9.89. The van der Waals surface area contributed by atoms with E-state index in [4.69, 9.17) is 4.74 Å². The number of rotatable bonds is 7. The van der Waals surface area contributed by atoms with Gasteiger partial charge in [-0.05, 0) is 68.4 Å². The van der Waals surface area contributed by atoms with Crippen molar-refractivity contribution in [3.63, 3.8) is 0 Å². The third-order valence-corrected chi connectivity index (χ3v) is 4.51. The second-order valence-electron chi connectivity index (χ2n) is 7.09. The van der Waals surface area contributed by atoms with Crippen LogP contribution in [-0.4, -0.2) is 32.5 Å². The predicted molar refractivity (Wildman–Crippen MR) is 119 cm³/mol. The van der Waals surface area contributed by atoms with Gasteiger partial charge >= 0.3 is 0 Å². The van der Waals surface area contributed by atoms with Crippen LogP contribution in [0.25, 0.3) is 5.82 Å². The van der Waals surface area contributed by atoms with Gasteiger partial charge in [-0.2, -0.15) is 5.10 Å². The molecule has 2 aromatic carbocycles. The molecule has 0 radical (unpaired) electrons. The quantitative estimate of drug-likeness (QED) is 0.455. The van der Waals surface area contributed by atoms with Crippen molar-refractivity contribution in [1.29, 1.82) is 0 Å². The van der Waals surface area contributed by atoms with E-state index in [0.717, 1.165) is 17.1 Å². The summed E-state index contributed by atoms with van der Waals surface area (Å²) in [5.41, 5.74) is 3.26. The Hall–Kier alpha value is -4.27. The predicted octanol–water partition coefficient (Wildman–Crippen LogP) is 4.18. The Morgan fingerprint density at radius 1 is 1.00 bits per heavy atom. The first kappa shape index (κ1) is 21.0. The number of hydrogen-bond acceptors (Lipinski definition) is 6. The minimum Gasteiger partial charge on any atom is -0.481 e. The van der Waals surface area contributed by atoms with Crippen LogP contribution < -0.4 is 15.4 Å². The Morgan fingerprint density at radius 3 is 2.41 bits per heavy atom. The molecule has 9 heteroatoms. The minimum atomic E-state index is -0.512. The van der Waals surface area contributed by atoms with Gasteiger partial charge in [-0.25, -0.2) is 9.07 Å². The Balaban J connectivity index is 1.32. The summed E-state index contributed by atoms with van der Waals surface area (Å²) in [6.07, 6.45) is 0. The zero-order valence-electron chi connectivity index (χ0n) is 17.5. The molecule has 0 aliphatic carbocycles. The molecule has 2 N–H and O–H groups in total. The highest BCUT2D eigenvalue weighted by Gasteiger charge is 2.08. The molecule has 4 aromatic rings. The first-order chi connectivity index (χ1) is 15.5. The Morgan fingerprint density at radius 2 is 1.75 bits per heavy atom. The number of hydrogen-bond donors (Lipinski definition) is 2. The summed E-state index contributed by atoms with van der Waals surface area (Å²) in [5.74, 6) is 0.343. The fourth-order valence-electron chi connectivity index (χ4n) is 3.05. The summed E-state index contributed by atoms with van der Waals surface area (Å²) in [7, 11) is 0. The standard InChI is InChI=1S/C23H21FN6O2/c1-15-13-16(2)30(29-15)22-12-11-21(27-28-22)25-17-7-9-18(10-8-17)26-23(31)14-32-20-6-4-3-5-19(20)24/h3-13H,14H2,1-2H3,(H,25,27)(H,26,31). The highest BCUT2D eigenvalue weighted by atomic mass is 19.1. The van der Waals surface area contributed by atoms with E-state index in [1.807, 2.05) is 32.0 Å². The Bertz CT molecular complexity index is 1220. The maximum Gasteiger partial charge on any atom is 0.262 e. The monoisotopic (exact) mass is 432 g/mol. The number of benzene rings is 2. The van der Waals surface area contributed by atoms with Crippen LogP contribution in [0.3, 0.4) is 0 Å². The maximum atomic E-state index is 13.5. The van der Waals surface area contributed by atoms with Gasteiger partial charge in [0.1, 0.15) is 0 Å². The fraction of sp³-hybridized carbons (Fsp3) is 0.130. The number of nitrogens with zero attached hydrogens (tertiary/aromatic N) is 4. The lowest BCUT2D eigenvalue weighted by atomic mass is 10.2. The van der Waals surface area contributed by atoms with Crippen LogP contribution in [0.4, 0.5) is 21.6 Å². The zero-order valence-corrected chi connectivity index (χ0v) is 17.5. The van der Waals surface area contributed by atoms with Crippen molar-refractivity contribution in [2.45, 2.75) is 13.8 Å². The molecule has 0 aliphatic heterocycles. The van der Waals surface area contributed by atoms with Gasteiger partial charge in [0.2, 0.25) is 0 Å². The van der Waals surface area contributed by atoms with Gasteiger partial charge in [0.05, 0.1) is 5.69 Å². The van der Waals surface area contributed by atoms with Crippen molar-refractivity contribution in [3.05, 3.63) is 83.9 Å². The van der Waals surface area contributed by atoms with E-state index in [2.05, 4.69) is 25.9 Å². The van der Waals surface area contributed by atoms with Crippen molar-refractivity contribution in [3.8, 4) is 11.6 Å². The number of ether oxygens (including phenoxy) is 1. The molecule has 2 heterocycles. The van der Waals surface area contributed by atoms with E-state index >= 15 is 0 Å². The van der Waals surface area contributed by atoms with E-state index < -0.39 is 5.82 Å². The van der Waals surface area contributed by atoms with Crippen LogP contribution in [0.15, 0.2) is 66.7 Å². The van der Waals surface area contributed by atoms with Gasteiger partial charge in [-0.1, -0.05) is 12.1 Å². The number of amides is 1. The van der Waals surface area contributed by atoms with Crippen molar-refractivity contribution >= 4 is 23.1 Å². The van der Waals surface area contributed by atoms with E-state index in [1.54, 1.807) is 41.1 Å². The molecule has 32 heavy (non-hydrogen) atoms. The summed E-state index contributed by atoms with van der Waals surface area (Å²) >= 11 is 0. The zero-order chi connectivity index (χ0) is 22.5. The van der Waals surface area contributed by atoms with E-state index in [9.17, 15) is 9.18 Å². The number of anilines is 3. The molecule has 162 valence electrons. The lowest BCUT2D eigenvalue weighted by Crippen LogP contribution is -2.20. The number of para-hydroxylation sites is 1. The summed E-state index contributed by atoms with van der Waals surface area (Å²) in [4.78, 5) is 12.0. The highest BCUT2D eigenvalue weighted by Crippen LogP contribution is 2.19. The van der Waals surface area contributed by atoms with Gasteiger partial charge in [0, 0.05) is 17.1 Å². The van der Waals surface area contributed by atoms with Crippen LogP contribution in [0.1, 0.15) is 11.4 Å². The third-order valence-electron chi connectivity index (χ3n) is 4.51. The van der Waals surface area contributed by atoms with Crippen molar-refractivity contribution in [1.82, 2.24) is 20.0 Å². The molecule has 0 saturated carbocycles. The van der Waals surface area contributed by atoms with Gasteiger partial charge in [0.15, 0.2) is 29.8 Å². The number of halogens is 1. The van der Waals surface area contributed by atoms with Crippen LogP contribution >= 0.6 is 0 Å². The van der Waals surface area contributed by atoms with Crippen LogP contribution in [0.5, 0.6) is 5.75 Å². The van der Waals surface area contributed by atoms with Gasteiger partial charge in [-0.15, -0.1) is 10.2 Å². The lowest BCUT2D eigenvalue weighted by Gasteiger charge is -2.10. The third kappa shape index (κ3) is 5.07. The first-order valence-corrected chi connectivity index (χ1v) is 9.89. The highest BCUT2D eigenvalue weighted by molar-refractivity contribution is 5.92. The van der Waals surface area contributed by atoms with E-state index in [1.165, 1.54) is 12.1 Å². The Kier molecular flexibility index (Phi) is 6.07. The molecule has 0 unspecified atom stereocenters. The van der Waals surface area contributed by atoms with Gasteiger partial charge < -0.3 is 15.4 Å². The number of carbonyl (C=O) groups is 1. The molecule has 2 aromatic heterocycles. The SMILES string of the molecule is Cc1cc(C)n(-c2ccc(Nc3ccc(NC(=O)COc4ccccc4F)cc3)nn2)n1. The summed E-state index contributed by atoms with van der Waals surface area (Å²) in [5, 5.41) is 18.7. The molecule has 0 saturated heterocycles. The van der Waals surface area contributed by atoms with Crippen molar-refractivity contribution in [2.24, 2.45) is 0 Å². The molecule has 8 nitrogen and oxygen atoms in total. The summed E-state index contributed by atoms with van der Waals surface area (Å²) < 4.78 is 20.5. The summed E-state index contributed by atoms with van der Waals surface area (Å²) in [6.45, 7) is 3.59. The second kappa shape index (κ2) is 9.25. The molecule has 4 rings (SSSR count). The van der Waals surface area contributed by atoms with E-state index in [0.29, 0.717) is 17.3 Å². The van der Waals surface area contributed by atoms with Gasteiger partial charge in [-0.3, -0.25) is 4.79 Å². The molecular weight excluding hydrogens is 411 g/mol. The minimum absolute atomic E-state index is 0.0344. The number of aryl methyl sites for hydroxylation is 2. The average molecular weight is 432 g/mol. The number of nitrogens with one attached hydrogen (secondary N) is 2. The van der Waals surface area contributed by atoms with Crippen molar-refractivity contribution < 1.29 is 13.9 Å². The fourth-order valence-corrected chi connectivity index (χ4v) is 3.05. The molecule has 0 fully saturated rings. The van der Waals surface area contributed by atoms with Crippen LogP contribution in [0.2, 0.25) is 0 Å². The number of aromatic nitrogens is 4. The van der Waals surface area contributed by atoms with Crippen LogP contribution in [-0.2, 0) is 4.79 Å². The largest absolute Gasteiger partial charge is 0.481 e. The molecule has 1 amide bonds. The second-order valence-corrected chi connectivity index (χ2v) is 7.09. The molecule has 0 atom stereocenters.